The molecule has 7 nitrogen and oxygen atoms in total. The van der Waals surface area contributed by atoms with Crippen molar-refractivity contribution in [2.45, 2.75) is 80.6 Å². The maximum absolute atomic E-state index is 10.9. The van der Waals surface area contributed by atoms with Gasteiger partial charge in [0.05, 0.1) is 13.2 Å². The van der Waals surface area contributed by atoms with Gasteiger partial charge >= 0.3 is 0 Å². The fraction of sp³-hybridized carbons (Fsp3) is 0.529. The number of ether oxygens (including phenoxy) is 2. The summed E-state index contributed by atoms with van der Waals surface area (Å²) in [5.41, 5.74) is 12.1. The van der Waals surface area contributed by atoms with Crippen LogP contribution in [0, 0.1) is 0 Å². The molecule has 1 aromatic rings. The molecule has 1 amide bonds. The maximum atomic E-state index is 10.9. The molecule has 0 bridgehead atoms. The highest BCUT2D eigenvalue weighted by Gasteiger charge is 2.04. The predicted octanol–water partition coefficient (Wildman–Crippen LogP) is 8.12. The Kier molecular flexibility index (Phi) is 37.1. The first-order chi connectivity index (χ1) is 20.8. The summed E-state index contributed by atoms with van der Waals surface area (Å²) in [6, 6.07) is 5.90. The largest absolute Gasteiger partial charge is 0.490 e. The molecule has 1 rings (SSSR count). The van der Waals surface area contributed by atoms with Gasteiger partial charge in [-0.05, 0) is 75.6 Å². The zero-order chi connectivity index (χ0) is 33.1. The van der Waals surface area contributed by atoms with Crippen molar-refractivity contribution in [2.75, 3.05) is 37.8 Å². The third-order valence-corrected chi connectivity index (χ3v) is 7.30. The van der Waals surface area contributed by atoms with Crippen molar-refractivity contribution < 1.29 is 19.1 Å². The Morgan fingerprint density at radius 3 is 2.12 bits per heavy atom. The van der Waals surface area contributed by atoms with Gasteiger partial charge in [0.15, 0.2) is 11.5 Å². The van der Waals surface area contributed by atoms with Gasteiger partial charge in [0, 0.05) is 37.4 Å². The summed E-state index contributed by atoms with van der Waals surface area (Å²) in [4.78, 5) is 20.7. The lowest BCUT2D eigenvalue weighted by molar-refractivity contribution is -0.118. The molecule has 0 atom stereocenters. The Labute approximate surface area is 270 Å². The van der Waals surface area contributed by atoms with E-state index in [4.69, 9.17) is 20.9 Å². The number of hydrogen-bond donors (Lipinski definition) is 3. The van der Waals surface area contributed by atoms with Gasteiger partial charge in [0.25, 0.3) is 0 Å². The number of carbonyl (C=O) groups excluding carboxylic acids is 2. The second-order valence-electron chi connectivity index (χ2n) is 8.55. The van der Waals surface area contributed by atoms with E-state index in [0.717, 1.165) is 54.3 Å². The summed E-state index contributed by atoms with van der Waals surface area (Å²) >= 11 is 0. The van der Waals surface area contributed by atoms with Crippen LogP contribution in [0.5, 0.6) is 11.5 Å². The molecule has 0 aliphatic heterocycles. The minimum atomic E-state index is -0.211. The van der Waals surface area contributed by atoms with E-state index in [1.54, 1.807) is 13.0 Å². The number of benzene rings is 1. The topological polar surface area (TPSA) is 117 Å². The molecule has 0 aliphatic rings. The van der Waals surface area contributed by atoms with Crippen LogP contribution in [0.4, 0.5) is 0 Å². The van der Waals surface area contributed by atoms with Crippen molar-refractivity contribution in [1.82, 2.24) is 5.32 Å². The third-order valence-electron chi connectivity index (χ3n) is 4.66. The Morgan fingerprint density at radius 2 is 1.60 bits per heavy atom. The quantitative estimate of drug-likeness (QED) is 0.0746. The molecular weight excluding hydrogens is 579 g/mol. The van der Waals surface area contributed by atoms with Crippen LogP contribution in [0.2, 0.25) is 0 Å². The Balaban J connectivity index is -0.000000819. The fourth-order valence-electron chi connectivity index (χ4n) is 2.84. The van der Waals surface area contributed by atoms with Gasteiger partial charge in [-0.3, -0.25) is 4.79 Å². The van der Waals surface area contributed by atoms with Crippen molar-refractivity contribution in [1.29, 1.82) is 0 Å². The number of hydrogen-bond acceptors (Lipinski definition) is 8. The lowest BCUT2D eigenvalue weighted by Crippen LogP contribution is -2.08. The van der Waals surface area contributed by atoms with E-state index in [1.165, 1.54) is 12.2 Å². The first kappa shape index (κ1) is 44.8. The molecule has 9 heteroatoms. The molecule has 0 saturated carbocycles. The normalized spacial score (nSPS) is 10.5. The van der Waals surface area contributed by atoms with Crippen molar-refractivity contribution in [2.24, 2.45) is 11.5 Å². The average Bonchev–Trinajstić information content (AvgIpc) is 2.98. The SMILES string of the molecule is C=C/C=C(\C=C/NCCCC(C)=O)/C=C/c1ccc(OCC)c(OCC)c1.CC.CCCC(N)=O.CCCSSCCN. The zero-order valence-electron chi connectivity index (χ0n) is 27.8. The molecule has 0 aliphatic carbocycles. The van der Waals surface area contributed by atoms with Crippen molar-refractivity contribution >= 4 is 39.4 Å². The van der Waals surface area contributed by atoms with Gasteiger partial charge in [-0.2, -0.15) is 0 Å². The van der Waals surface area contributed by atoms with Crippen LogP contribution in [-0.2, 0) is 9.59 Å². The second kappa shape index (κ2) is 35.6. The van der Waals surface area contributed by atoms with Gasteiger partial charge in [0.1, 0.15) is 5.78 Å². The number of nitrogens with two attached hydrogens (primary N) is 2. The molecule has 0 heterocycles. The molecule has 5 N–H and O–H groups in total. The van der Waals surface area contributed by atoms with Gasteiger partial charge in [-0.1, -0.05) is 86.2 Å². The lowest BCUT2D eigenvalue weighted by atomic mass is 10.1. The smallest absolute Gasteiger partial charge is 0.217 e. The molecule has 246 valence electrons. The van der Waals surface area contributed by atoms with E-state index in [2.05, 4.69) is 18.8 Å². The molecule has 0 radical (unpaired) electrons. The Morgan fingerprint density at radius 1 is 0.953 bits per heavy atom. The highest BCUT2D eigenvalue weighted by atomic mass is 33.1. The van der Waals surface area contributed by atoms with Crippen molar-refractivity contribution in [3.63, 3.8) is 0 Å². The van der Waals surface area contributed by atoms with Crippen LogP contribution in [0.25, 0.3) is 6.08 Å². The second-order valence-corrected chi connectivity index (χ2v) is 11.3. The Hall–Kier alpha value is -2.62. The van der Waals surface area contributed by atoms with Crippen LogP contribution in [0.3, 0.4) is 0 Å². The van der Waals surface area contributed by atoms with Crippen LogP contribution in [-0.4, -0.2) is 49.5 Å². The number of ketones is 1. The zero-order valence-corrected chi connectivity index (χ0v) is 29.4. The summed E-state index contributed by atoms with van der Waals surface area (Å²) in [7, 11) is 3.78. The standard InChI is InChI=1S/C23H31NO3.C5H13NS2.C4H9NO.C2H6/c1-5-9-20(15-17-24-16-8-10-19(4)25)11-12-21-13-14-22(26-6-2)23(18-21)27-7-3;1-2-4-7-8-5-3-6;1-2-3-4(5)6;1-2/h5,9,11-15,17-18,24H,1,6-8,10,16H2,2-4H3;2-6H2,1H3;2-3H2,1H3,(H2,5,6);1-2H3/b12-11+,17-15-,20-9-;;;. The number of Topliss-reactive ketones (excluding diaryl/α,β-unsaturated/α-hetero) is 1. The first-order valence-electron chi connectivity index (χ1n) is 15.3. The van der Waals surface area contributed by atoms with Crippen LogP contribution >= 0.6 is 21.6 Å². The van der Waals surface area contributed by atoms with E-state index in [0.29, 0.717) is 26.1 Å². The number of nitrogens with one attached hydrogen (secondary N) is 1. The molecule has 0 saturated heterocycles. The van der Waals surface area contributed by atoms with E-state index in [-0.39, 0.29) is 11.7 Å². The average molecular weight is 638 g/mol. The number of allylic oxidation sites excluding steroid dienone is 5. The first-order valence-corrected chi connectivity index (χ1v) is 17.8. The Bertz CT molecular complexity index is 913. The molecule has 0 aromatic heterocycles. The fourth-order valence-corrected chi connectivity index (χ4v) is 4.83. The third kappa shape index (κ3) is 32.1. The minimum Gasteiger partial charge on any atom is -0.490 e. The predicted molar refractivity (Wildman–Crippen MR) is 193 cm³/mol. The summed E-state index contributed by atoms with van der Waals surface area (Å²) in [6.45, 7) is 20.2. The molecule has 0 unspecified atom stereocenters. The minimum absolute atomic E-state index is 0.211. The van der Waals surface area contributed by atoms with Gasteiger partial charge in [0.2, 0.25) is 5.91 Å². The van der Waals surface area contributed by atoms with E-state index in [1.807, 2.05) is 105 Å². The van der Waals surface area contributed by atoms with Crippen LogP contribution < -0.4 is 26.3 Å². The molecule has 0 spiro atoms. The summed E-state index contributed by atoms with van der Waals surface area (Å²) in [5, 5.41) is 3.20. The van der Waals surface area contributed by atoms with E-state index in [9.17, 15) is 9.59 Å². The van der Waals surface area contributed by atoms with Crippen LogP contribution in [0.15, 0.2) is 60.9 Å². The van der Waals surface area contributed by atoms with Gasteiger partial charge in [-0.15, -0.1) is 0 Å². The highest BCUT2D eigenvalue weighted by molar-refractivity contribution is 8.76. The highest BCUT2D eigenvalue weighted by Crippen LogP contribution is 2.29. The molecule has 1 aromatic carbocycles. The monoisotopic (exact) mass is 637 g/mol. The van der Waals surface area contributed by atoms with Crippen molar-refractivity contribution in [3.05, 3.63) is 66.4 Å². The number of rotatable bonds is 20. The van der Waals surface area contributed by atoms with Crippen molar-refractivity contribution in [3.8, 4) is 11.5 Å². The molecule has 0 fully saturated rings. The summed E-state index contributed by atoms with van der Waals surface area (Å²) < 4.78 is 11.3. The van der Waals surface area contributed by atoms with Gasteiger partial charge in [-0.25, -0.2) is 0 Å². The molecule has 43 heavy (non-hydrogen) atoms. The molecular formula is C34H59N3O4S2. The van der Waals surface area contributed by atoms with E-state index >= 15 is 0 Å². The number of amides is 1. The summed E-state index contributed by atoms with van der Waals surface area (Å²) in [6.07, 6.45) is 15.7. The van der Waals surface area contributed by atoms with Gasteiger partial charge < -0.3 is 31.1 Å². The summed E-state index contributed by atoms with van der Waals surface area (Å²) in [5.74, 6) is 3.86. The van der Waals surface area contributed by atoms with Crippen LogP contribution in [0.1, 0.15) is 86.1 Å². The lowest BCUT2D eigenvalue weighted by Gasteiger charge is -2.11. The van der Waals surface area contributed by atoms with E-state index < -0.39 is 0 Å². The number of primary amides is 1. The number of carbonyl (C=O) groups is 2. The maximum Gasteiger partial charge on any atom is 0.217 e.